The van der Waals surface area contributed by atoms with Crippen LogP contribution in [0.5, 0.6) is 11.5 Å². The molecule has 0 heterocycles. The average Bonchev–Trinajstić information content (AvgIpc) is 2.64. The zero-order valence-corrected chi connectivity index (χ0v) is 17.1. The summed E-state index contributed by atoms with van der Waals surface area (Å²) in [6, 6.07) is 8.64. The van der Waals surface area contributed by atoms with Gasteiger partial charge in [0.2, 0.25) is 0 Å². The molecule has 2 aromatic carbocycles. The lowest BCUT2D eigenvalue weighted by atomic mass is 10.2. The Hall–Kier alpha value is -3.02. The molecule has 0 aromatic heterocycles. The number of halogens is 1. The molecule has 0 saturated carbocycles. The minimum atomic E-state index is -0.587. The number of hydrogen-bond acceptors (Lipinski definition) is 7. The highest BCUT2D eigenvalue weighted by Gasteiger charge is 2.14. The summed E-state index contributed by atoms with van der Waals surface area (Å²) in [6.45, 7) is 3.46. The summed E-state index contributed by atoms with van der Waals surface area (Å²) in [6.07, 6.45) is 1.39. The second kappa shape index (κ2) is 9.78. The van der Waals surface area contributed by atoms with Gasteiger partial charge in [-0.25, -0.2) is 5.43 Å². The SMILES string of the molecule is CCOc1cc(/C=N\NC(=O)c2cccc([N+](=O)[O-])c2)cc(I)c1OC(C)=O. The van der Waals surface area contributed by atoms with Crippen molar-refractivity contribution >= 4 is 46.4 Å². The van der Waals surface area contributed by atoms with Gasteiger partial charge in [0.05, 0.1) is 21.3 Å². The number of ether oxygens (including phenoxy) is 2. The first-order chi connectivity index (χ1) is 13.3. The molecule has 0 atom stereocenters. The lowest BCUT2D eigenvalue weighted by molar-refractivity contribution is -0.384. The van der Waals surface area contributed by atoms with E-state index >= 15 is 0 Å². The molecule has 146 valence electrons. The maximum atomic E-state index is 12.1. The van der Waals surface area contributed by atoms with E-state index < -0.39 is 16.8 Å². The fraction of sp³-hybridized carbons (Fsp3) is 0.167. The number of rotatable bonds is 7. The largest absolute Gasteiger partial charge is 0.490 e. The van der Waals surface area contributed by atoms with E-state index in [0.29, 0.717) is 27.2 Å². The van der Waals surface area contributed by atoms with Crippen LogP contribution in [0.15, 0.2) is 41.5 Å². The van der Waals surface area contributed by atoms with Crippen LogP contribution in [0.2, 0.25) is 0 Å². The molecule has 0 fully saturated rings. The number of esters is 1. The zero-order valence-electron chi connectivity index (χ0n) is 15.0. The summed E-state index contributed by atoms with van der Waals surface area (Å²) in [4.78, 5) is 33.6. The first-order valence-corrected chi connectivity index (χ1v) is 9.12. The number of hydrogen-bond donors (Lipinski definition) is 1. The number of nitro benzene ring substituents is 1. The third-order valence-electron chi connectivity index (χ3n) is 3.28. The van der Waals surface area contributed by atoms with Gasteiger partial charge in [0.15, 0.2) is 11.5 Å². The van der Waals surface area contributed by atoms with Crippen molar-refractivity contribution < 1.29 is 24.0 Å². The number of nitro groups is 1. The van der Waals surface area contributed by atoms with E-state index in [2.05, 4.69) is 10.5 Å². The Kier molecular flexibility index (Phi) is 7.44. The van der Waals surface area contributed by atoms with Crippen LogP contribution in [0, 0.1) is 13.7 Å². The van der Waals surface area contributed by atoms with Crippen LogP contribution in [-0.2, 0) is 4.79 Å². The molecular formula is C18H16IN3O6. The standard InChI is InChI=1S/C18H16IN3O6/c1-3-27-16-8-12(7-15(19)17(16)28-11(2)23)10-20-21-18(24)13-5-4-6-14(9-13)22(25)26/h4-10H,3H2,1-2H3,(H,21,24)/b20-10-. The zero-order chi connectivity index (χ0) is 20.7. The number of non-ortho nitro benzene ring substituents is 1. The van der Waals surface area contributed by atoms with Crippen LogP contribution in [-0.4, -0.2) is 29.6 Å². The van der Waals surface area contributed by atoms with Crippen LogP contribution in [0.25, 0.3) is 0 Å². The Morgan fingerprint density at radius 1 is 1.32 bits per heavy atom. The fourth-order valence-electron chi connectivity index (χ4n) is 2.16. The smallest absolute Gasteiger partial charge is 0.308 e. The normalized spacial score (nSPS) is 10.5. The number of nitrogens with zero attached hydrogens (tertiary/aromatic N) is 2. The topological polar surface area (TPSA) is 120 Å². The van der Waals surface area contributed by atoms with E-state index in [9.17, 15) is 19.7 Å². The van der Waals surface area contributed by atoms with Crippen molar-refractivity contribution in [3.8, 4) is 11.5 Å². The lowest BCUT2D eigenvalue weighted by Crippen LogP contribution is -2.17. The van der Waals surface area contributed by atoms with Gasteiger partial charge in [-0.05, 0) is 53.3 Å². The van der Waals surface area contributed by atoms with Crippen LogP contribution in [0.4, 0.5) is 5.69 Å². The minimum Gasteiger partial charge on any atom is -0.490 e. The Morgan fingerprint density at radius 2 is 2.07 bits per heavy atom. The van der Waals surface area contributed by atoms with Crippen molar-refractivity contribution in [2.24, 2.45) is 5.10 Å². The van der Waals surface area contributed by atoms with Crippen molar-refractivity contribution in [1.29, 1.82) is 0 Å². The fourth-order valence-corrected chi connectivity index (χ4v) is 2.89. The van der Waals surface area contributed by atoms with E-state index in [4.69, 9.17) is 9.47 Å². The Bertz CT molecular complexity index is 945. The van der Waals surface area contributed by atoms with Gasteiger partial charge in [0.25, 0.3) is 11.6 Å². The maximum absolute atomic E-state index is 12.1. The van der Waals surface area contributed by atoms with Crippen LogP contribution < -0.4 is 14.9 Å². The molecule has 2 aromatic rings. The summed E-state index contributed by atoms with van der Waals surface area (Å²) in [5.74, 6) is -0.371. The molecule has 0 aliphatic carbocycles. The van der Waals surface area contributed by atoms with E-state index in [1.165, 1.54) is 31.3 Å². The predicted molar refractivity (Wildman–Crippen MR) is 110 cm³/mol. The van der Waals surface area contributed by atoms with Crippen LogP contribution in [0.3, 0.4) is 0 Å². The number of nitrogens with one attached hydrogen (secondary N) is 1. The third-order valence-corrected chi connectivity index (χ3v) is 4.08. The van der Waals surface area contributed by atoms with Gasteiger partial charge in [-0.15, -0.1) is 0 Å². The van der Waals surface area contributed by atoms with Crippen LogP contribution in [0.1, 0.15) is 29.8 Å². The molecule has 9 nitrogen and oxygen atoms in total. The lowest BCUT2D eigenvalue weighted by Gasteiger charge is -2.12. The van der Waals surface area contributed by atoms with Gasteiger partial charge in [-0.3, -0.25) is 19.7 Å². The van der Waals surface area contributed by atoms with Crippen molar-refractivity contribution in [2.75, 3.05) is 6.61 Å². The highest BCUT2D eigenvalue weighted by Crippen LogP contribution is 2.34. The Labute approximate surface area is 174 Å². The van der Waals surface area contributed by atoms with E-state index in [1.54, 1.807) is 19.1 Å². The molecule has 10 heteroatoms. The molecule has 0 unspecified atom stereocenters. The molecule has 1 amide bonds. The summed E-state index contributed by atoms with van der Waals surface area (Å²) in [7, 11) is 0. The predicted octanol–water partition coefficient (Wildman–Crippen LogP) is 3.29. The van der Waals surface area contributed by atoms with E-state index in [1.807, 2.05) is 22.6 Å². The van der Waals surface area contributed by atoms with Gasteiger partial charge in [-0.1, -0.05) is 6.07 Å². The molecule has 28 heavy (non-hydrogen) atoms. The van der Waals surface area contributed by atoms with Gasteiger partial charge in [0.1, 0.15) is 0 Å². The average molecular weight is 497 g/mol. The van der Waals surface area contributed by atoms with Crippen molar-refractivity contribution in [1.82, 2.24) is 5.43 Å². The first-order valence-electron chi connectivity index (χ1n) is 8.04. The molecule has 2 rings (SSSR count). The second-order valence-corrected chi connectivity index (χ2v) is 6.53. The molecule has 0 spiro atoms. The third kappa shape index (κ3) is 5.74. The van der Waals surface area contributed by atoms with E-state index in [-0.39, 0.29) is 11.3 Å². The van der Waals surface area contributed by atoms with Crippen molar-refractivity contribution in [3.05, 3.63) is 61.2 Å². The van der Waals surface area contributed by atoms with Crippen LogP contribution >= 0.6 is 22.6 Å². The van der Waals surface area contributed by atoms with Gasteiger partial charge >= 0.3 is 5.97 Å². The highest BCUT2D eigenvalue weighted by atomic mass is 127. The highest BCUT2D eigenvalue weighted by molar-refractivity contribution is 14.1. The van der Waals surface area contributed by atoms with Gasteiger partial charge in [0, 0.05) is 24.6 Å². The second-order valence-electron chi connectivity index (χ2n) is 5.36. The number of benzene rings is 2. The maximum Gasteiger partial charge on any atom is 0.308 e. The summed E-state index contributed by atoms with van der Waals surface area (Å²) in [5, 5.41) is 14.7. The molecular weight excluding hydrogens is 481 g/mol. The quantitative estimate of drug-likeness (QED) is 0.157. The number of carbonyl (C=O) groups is 2. The number of amides is 1. The number of carbonyl (C=O) groups excluding carboxylic acids is 2. The molecule has 1 N–H and O–H groups in total. The molecule has 0 radical (unpaired) electrons. The van der Waals surface area contributed by atoms with E-state index in [0.717, 1.165) is 6.07 Å². The van der Waals surface area contributed by atoms with Gasteiger partial charge in [-0.2, -0.15) is 5.10 Å². The monoisotopic (exact) mass is 497 g/mol. The Morgan fingerprint density at radius 3 is 2.71 bits per heavy atom. The van der Waals surface area contributed by atoms with Crippen molar-refractivity contribution in [2.45, 2.75) is 13.8 Å². The molecule has 0 bridgehead atoms. The summed E-state index contributed by atoms with van der Waals surface area (Å²) < 4.78 is 11.3. The first kappa shape index (κ1) is 21.3. The summed E-state index contributed by atoms with van der Waals surface area (Å²) in [5.41, 5.74) is 2.84. The molecule has 0 aliphatic heterocycles. The number of hydrazone groups is 1. The Balaban J connectivity index is 2.17. The molecule has 0 aliphatic rings. The van der Waals surface area contributed by atoms with Gasteiger partial charge < -0.3 is 9.47 Å². The summed E-state index contributed by atoms with van der Waals surface area (Å²) >= 11 is 2.00. The molecule has 0 saturated heterocycles. The van der Waals surface area contributed by atoms with Crippen molar-refractivity contribution in [3.63, 3.8) is 0 Å². The minimum absolute atomic E-state index is 0.112.